The van der Waals surface area contributed by atoms with Gasteiger partial charge >= 0.3 is 11.9 Å². The first-order valence-corrected chi connectivity index (χ1v) is 9.37. The van der Waals surface area contributed by atoms with Gasteiger partial charge < -0.3 is 25.0 Å². The predicted molar refractivity (Wildman–Crippen MR) is 111 cm³/mol. The molecule has 0 heterocycles. The highest BCUT2D eigenvalue weighted by Gasteiger charge is 2.05. The number of carboxylic acid groups (broad SMARTS) is 2. The zero-order valence-electron chi connectivity index (χ0n) is 16.5. The molecule has 0 fully saturated rings. The monoisotopic (exact) mass is 423 g/mol. The number of carbonyl (C=O) groups is 2. The van der Waals surface area contributed by atoms with Crippen molar-refractivity contribution in [3.05, 3.63) is 64.2 Å². The number of rotatable bonds is 9. The number of aliphatic carboxylic acids is 2. The van der Waals surface area contributed by atoms with Crippen LogP contribution in [0.2, 0.25) is 5.02 Å². The smallest absolute Gasteiger partial charge is 0.414 e. The van der Waals surface area contributed by atoms with Crippen LogP contribution in [-0.2, 0) is 20.9 Å². The average molecular weight is 424 g/mol. The van der Waals surface area contributed by atoms with Crippen molar-refractivity contribution in [2.45, 2.75) is 20.4 Å². The molecule has 0 saturated carbocycles. The second-order valence-corrected chi connectivity index (χ2v) is 6.54. The van der Waals surface area contributed by atoms with Crippen molar-refractivity contribution in [1.82, 2.24) is 5.32 Å². The van der Waals surface area contributed by atoms with Gasteiger partial charge in [0.2, 0.25) is 0 Å². The molecule has 158 valence electrons. The van der Waals surface area contributed by atoms with Gasteiger partial charge in [-0.1, -0.05) is 41.9 Å². The Kier molecular flexibility index (Phi) is 11.4. The van der Waals surface area contributed by atoms with Crippen LogP contribution in [0.25, 0.3) is 0 Å². The molecule has 2 rings (SSSR count). The molecular weight excluding hydrogens is 398 g/mol. The minimum atomic E-state index is -1.82. The van der Waals surface area contributed by atoms with Crippen LogP contribution < -0.4 is 10.1 Å². The van der Waals surface area contributed by atoms with Crippen molar-refractivity contribution in [3.63, 3.8) is 0 Å². The predicted octanol–water partition coefficient (Wildman–Crippen LogP) is 3.30. The van der Waals surface area contributed by atoms with Gasteiger partial charge in [0.05, 0.1) is 13.2 Å². The van der Waals surface area contributed by atoms with Crippen LogP contribution in [0.4, 0.5) is 0 Å². The van der Waals surface area contributed by atoms with Crippen LogP contribution in [0.5, 0.6) is 5.75 Å². The highest BCUT2D eigenvalue weighted by atomic mass is 35.5. The summed E-state index contributed by atoms with van der Waals surface area (Å²) in [6, 6.07) is 14.2. The van der Waals surface area contributed by atoms with Crippen LogP contribution in [0.3, 0.4) is 0 Å². The molecule has 0 aliphatic carbocycles. The lowest BCUT2D eigenvalue weighted by Crippen LogP contribution is -2.20. The molecule has 0 aliphatic heterocycles. The number of hydrogen-bond acceptors (Lipinski definition) is 5. The molecule has 0 aliphatic rings. The summed E-state index contributed by atoms with van der Waals surface area (Å²) in [5, 5.41) is 18.9. The summed E-state index contributed by atoms with van der Waals surface area (Å²) >= 11 is 6.01. The standard InChI is InChI=1S/C19H24ClNO2.C2H2O4/c1-15-12-18(20)13-16(2)19(15)23-11-10-22-9-8-21-14-17-6-4-3-5-7-17;3-1(4)2(5)6/h3-7,12-13,21H,8-11,14H2,1-2H3;(H,3,4)(H,5,6). The number of aryl methyl sites for hydroxylation is 2. The zero-order chi connectivity index (χ0) is 21.6. The van der Waals surface area contributed by atoms with E-state index in [9.17, 15) is 0 Å². The number of benzene rings is 2. The molecule has 0 saturated heterocycles. The molecule has 8 heteroatoms. The second-order valence-electron chi connectivity index (χ2n) is 6.10. The Bertz CT molecular complexity index is 747. The van der Waals surface area contributed by atoms with Gasteiger partial charge in [0.25, 0.3) is 0 Å². The lowest BCUT2D eigenvalue weighted by Gasteiger charge is -2.13. The summed E-state index contributed by atoms with van der Waals surface area (Å²) in [6.07, 6.45) is 0. The number of nitrogens with one attached hydrogen (secondary N) is 1. The Morgan fingerprint density at radius 1 is 0.966 bits per heavy atom. The summed E-state index contributed by atoms with van der Waals surface area (Å²) < 4.78 is 11.4. The first kappa shape index (κ1) is 24.4. The Hall–Kier alpha value is -2.61. The van der Waals surface area contributed by atoms with E-state index in [-0.39, 0.29) is 0 Å². The lowest BCUT2D eigenvalue weighted by molar-refractivity contribution is -0.159. The first-order chi connectivity index (χ1) is 13.8. The van der Waals surface area contributed by atoms with Crippen LogP contribution in [-0.4, -0.2) is 48.5 Å². The summed E-state index contributed by atoms with van der Waals surface area (Å²) in [5.74, 6) is -2.75. The van der Waals surface area contributed by atoms with Crippen LogP contribution in [0.15, 0.2) is 42.5 Å². The third-order valence-electron chi connectivity index (χ3n) is 3.68. The van der Waals surface area contributed by atoms with Crippen molar-refractivity contribution in [2.75, 3.05) is 26.4 Å². The molecule has 3 N–H and O–H groups in total. The quantitative estimate of drug-likeness (QED) is 0.419. The largest absolute Gasteiger partial charge is 0.491 e. The van der Waals surface area contributed by atoms with Crippen LogP contribution in [0.1, 0.15) is 16.7 Å². The average Bonchev–Trinajstić information content (AvgIpc) is 2.66. The van der Waals surface area contributed by atoms with Crippen molar-refractivity contribution >= 4 is 23.5 Å². The van der Waals surface area contributed by atoms with Crippen molar-refractivity contribution in [1.29, 1.82) is 0 Å². The zero-order valence-corrected chi connectivity index (χ0v) is 17.2. The summed E-state index contributed by atoms with van der Waals surface area (Å²) in [7, 11) is 0. The Morgan fingerprint density at radius 2 is 1.55 bits per heavy atom. The van der Waals surface area contributed by atoms with E-state index in [2.05, 4.69) is 17.4 Å². The molecule has 2 aromatic carbocycles. The van der Waals surface area contributed by atoms with Crippen molar-refractivity contribution in [2.24, 2.45) is 0 Å². The van der Waals surface area contributed by atoms with E-state index < -0.39 is 11.9 Å². The van der Waals surface area contributed by atoms with E-state index in [0.717, 1.165) is 35.0 Å². The molecule has 7 nitrogen and oxygen atoms in total. The fourth-order valence-electron chi connectivity index (χ4n) is 2.40. The number of carboxylic acids is 2. The molecular formula is C21H26ClNO6. The molecule has 29 heavy (non-hydrogen) atoms. The first-order valence-electron chi connectivity index (χ1n) is 8.99. The molecule has 0 aromatic heterocycles. The van der Waals surface area contributed by atoms with E-state index in [0.29, 0.717) is 19.8 Å². The molecule has 0 spiro atoms. The molecule has 2 aromatic rings. The van der Waals surface area contributed by atoms with Gasteiger partial charge in [0.15, 0.2) is 0 Å². The van der Waals surface area contributed by atoms with Gasteiger partial charge in [0.1, 0.15) is 12.4 Å². The summed E-state index contributed by atoms with van der Waals surface area (Å²) in [4.78, 5) is 18.2. The normalized spacial score (nSPS) is 10.0. The molecule has 0 unspecified atom stereocenters. The fourth-order valence-corrected chi connectivity index (χ4v) is 2.73. The SMILES string of the molecule is Cc1cc(Cl)cc(C)c1OCCOCCNCc1ccccc1.O=C(O)C(=O)O. The Morgan fingerprint density at radius 3 is 2.10 bits per heavy atom. The van der Waals surface area contributed by atoms with Gasteiger partial charge in [-0.3, -0.25) is 0 Å². The summed E-state index contributed by atoms with van der Waals surface area (Å²) in [5.41, 5.74) is 3.39. The maximum atomic E-state index is 9.10. The van der Waals surface area contributed by atoms with E-state index in [1.807, 2.05) is 44.2 Å². The van der Waals surface area contributed by atoms with E-state index in [4.69, 9.17) is 40.9 Å². The van der Waals surface area contributed by atoms with Crippen molar-refractivity contribution < 1.29 is 29.3 Å². The van der Waals surface area contributed by atoms with Crippen molar-refractivity contribution in [3.8, 4) is 5.75 Å². The highest BCUT2D eigenvalue weighted by Crippen LogP contribution is 2.26. The van der Waals surface area contributed by atoms with Crippen LogP contribution in [0, 0.1) is 13.8 Å². The fraction of sp³-hybridized carbons (Fsp3) is 0.333. The van der Waals surface area contributed by atoms with E-state index >= 15 is 0 Å². The Labute approximate surface area is 175 Å². The molecule has 0 amide bonds. The third-order valence-corrected chi connectivity index (χ3v) is 3.90. The van der Waals surface area contributed by atoms with Crippen LogP contribution >= 0.6 is 11.6 Å². The number of halogens is 1. The van der Waals surface area contributed by atoms with Gasteiger partial charge in [-0.15, -0.1) is 0 Å². The highest BCUT2D eigenvalue weighted by molar-refractivity contribution is 6.30. The minimum absolute atomic E-state index is 0.544. The van der Waals surface area contributed by atoms with Gasteiger partial charge in [-0.25, -0.2) is 9.59 Å². The molecule has 0 bridgehead atoms. The number of ether oxygens (including phenoxy) is 2. The van der Waals surface area contributed by atoms with E-state index in [1.54, 1.807) is 0 Å². The second kappa shape index (κ2) is 13.5. The Balaban J connectivity index is 0.000000612. The third kappa shape index (κ3) is 10.5. The van der Waals surface area contributed by atoms with Gasteiger partial charge in [-0.05, 0) is 42.7 Å². The molecule has 0 atom stereocenters. The van der Waals surface area contributed by atoms with E-state index in [1.165, 1.54) is 5.56 Å². The van der Waals surface area contributed by atoms with Gasteiger partial charge in [0, 0.05) is 18.1 Å². The summed E-state index contributed by atoms with van der Waals surface area (Å²) in [6.45, 7) is 7.49. The number of hydrogen-bond donors (Lipinski definition) is 3. The minimum Gasteiger partial charge on any atom is -0.491 e. The van der Waals surface area contributed by atoms with Gasteiger partial charge in [-0.2, -0.15) is 0 Å². The maximum Gasteiger partial charge on any atom is 0.414 e. The maximum absolute atomic E-state index is 9.10. The lowest BCUT2D eigenvalue weighted by atomic mass is 10.1. The molecule has 0 radical (unpaired) electrons. The topological polar surface area (TPSA) is 105 Å².